The molecule has 6 heteroatoms. The number of carboxylic acid groups (broad SMARTS) is 1. The minimum absolute atomic E-state index is 0.210. The second-order valence-electron chi connectivity index (χ2n) is 8.59. The molecule has 0 atom stereocenters. The fraction of sp³-hybridized carbons (Fsp3) is 0.321. The Morgan fingerprint density at radius 2 is 1.00 bits per heavy atom. The lowest BCUT2D eigenvalue weighted by Gasteiger charge is -2.28. The largest absolute Gasteiger partial charge is 0.481 e. The normalized spacial score (nSPS) is 11.5. The molecule has 180 valence electrons. The molecule has 0 bridgehead atoms. The van der Waals surface area contributed by atoms with Crippen LogP contribution in [0.4, 0.5) is 13.2 Å². The Labute approximate surface area is 200 Å². The van der Waals surface area contributed by atoms with Gasteiger partial charge < -0.3 is 5.11 Å². The summed E-state index contributed by atoms with van der Waals surface area (Å²) >= 11 is 0. The molecule has 0 aliphatic rings. The monoisotopic (exact) mass is 487 g/mol. The van der Waals surface area contributed by atoms with Crippen LogP contribution in [0, 0.1) is 17.5 Å². The highest BCUT2D eigenvalue weighted by atomic mass is 31.2. The minimum atomic E-state index is -2.50. The van der Waals surface area contributed by atoms with Crippen LogP contribution in [0.25, 0.3) is 0 Å². The van der Waals surface area contributed by atoms with Crippen molar-refractivity contribution in [2.75, 3.05) is 6.16 Å². The molecule has 0 heterocycles. The SMILES string of the molecule is O=C(O)CCCCCCCCC[P+](c1cccc(F)c1)(c1cccc(F)c1)c1cccc(F)c1. The molecule has 1 N–H and O–H groups in total. The van der Waals surface area contributed by atoms with Gasteiger partial charge in [-0.15, -0.1) is 0 Å². The maximum atomic E-state index is 14.4. The minimum Gasteiger partial charge on any atom is -0.481 e. The fourth-order valence-electron chi connectivity index (χ4n) is 4.48. The highest BCUT2D eigenvalue weighted by molar-refractivity contribution is 7.95. The van der Waals surface area contributed by atoms with Crippen molar-refractivity contribution >= 4 is 29.1 Å². The topological polar surface area (TPSA) is 37.3 Å². The van der Waals surface area contributed by atoms with Gasteiger partial charge in [-0.2, -0.15) is 0 Å². The Hall–Kier alpha value is -2.65. The zero-order valence-electron chi connectivity index (χ0n) is 19.2. The van der Waals surface area contributed by atoms with E-state index < -0.39 is 13.2 Å². The van der Waals surface area contributed by atoms with Crippen LogP contribution in [-0.2, 0) is 4.79 Å². The van der Waals surface area contributed by atoms with Gasteiger partial charge in [0, 0.05) is 24.6 Å². The van der Waals surface area contributed by atoms with Crippen LogP contribution in [0.1, 0.15) is 51.4 Å². The van der Waals surface area contributed by atoms with Crippen LogP contribution < -0.4 is 15.9 Å². The molecule has 3 rings (SSSR count). The number of hydrogen-bond acceptors (Lipinski definition) is 1. The molecule has 3 aromatic carbocycles. The number of hydrogen-bond donors (Lipinski definition) is 1. The van der Waals surface area contributed by atoms with E-state index in [2.05, 4.69) is 0 Å². The molecule has 2 nitrogen and oxygen atoms in total. The molecule has 0 saturated carbocycles. The van der Waals surface area contributed by atoms with Crippen LogP contribution in [-0.4, -0.2) is 17.2 Å². The van der Waals surface area contributed by atoms with Crippen molar-refractivity contribution in [1.29, 1.82) is 0 Å². The number of carbonyl (C=O) groups is 1. The van der Waals surface area contributed by atoms with Crippen molar-refractivity contribution in [2.24, 2.45) is 0 Å². The van der Waals surface area contributed by atoms with Crippen LogP contribution >= 0.6 is 7.26 Å². The summed E-state index contributed by atoms with van der Waals surface area (Å²) in [6.07, 6.45) is 7.29. The molecule has 0 saturated heterocycles. The van der Waals surface area contributed by atoms with Gasteiger partial charge in [0.15, 0.2) is 0 Å². The first-order valence-electron chi connectivity index (χ1n) is 11.8. The van der Waals surface area contributed by atoms with Crippen molar-refractivity contribution in [3.8, 4) is 0 Å². The predicted molar refractivity (Wildman–Crippen MR) is 134 cm³/mol. The molecule has 0 fully saturated rings. The van der Waals surface area contributed by atoms with Gasteiger partial charge in [0.05, 0.1) is 6.16 Å². The third kappa shape index (κ3) is 6.93. The molecule has 34 heavy (non-hydrogen) atoms. The number of halogens is 3. The van der Waals surface area contributed by atoms with E-state index >= 15 is 0 Å². The summed E-state index contributed by atoms with van der Waals surface area (Å²) in [4.78, 5) is 10.6. The van der Waals surface area contributed by atoms with E-state index in [0.29, 0.717) is 12.6 Å². The highest BCUT2D eigenvalue weighted by Gasteiger charge is 2.45. The molecule has 3 aromatic rings. The van der Waals surface area contributed by atoms with Gasteiger partial charge in [0.2, 0.25) is 0 Å². The first kappa shape index (κ1) is 26.0. The van der Waals surface area contributed by atoms with E-state index in [4.69, 9.17) is 5.11 Å². The Morgan fingerprint density at radius 1 is 0.618 bits per heavy atom. The van der Waals surface area contributed by atoms with Crippen molar-refractivity contribution in [3.05, 3.63) is 90.2 Å². The lowest BCUT2D eigenvalue weighted by molar-refractivity contribution is -0.137. The van der Waals surface area contributed by atoms with E-state index in [1.54, 1.807) is 18.2 Å². The Morgan fingerprint density at radius 3 is 1.38 bits per heavy atom. The molecule has 0 spiro atoms. The summed E-state index contributed by atoms with van der Waals surface area (Å²) in [5.74, 6) is -1.85. The van der Waals surface area contributed by atoms with Gasteiger partial charge in [0.25, 0.3) is 0 Å². The third-order valence-corrected chi connectivity index (χ3v) is 10.6. The first-order chi connectivity index (χ1) is 16.4. The second-order valence-corrected chi connectivity index (χ2v) is 12.2. The molecule has 0 radical (unpaired) electrons. The number of rotatable bonds is 13. The van der Waals surface area contributed by atoms with Gasteiger partial charge >= 0.3 is 5.97 Å². The van der Waals surface area contributed by atoms with Gasteiger partial charge in [-0.1, -0.05) is 43.9 Å². The predicted octanol–water partition coefficient (Wildman–Crippen LogP) is 6.60. The molecule has 0 unspecified atom stereocenters. The van der Waals surface area contributed by atoms with Gasteiger partial charge in [0.1, 0.15) is 40.6 Å². The number of aliphatic carboxylic acids is 1. The summed E-state index contributed by atoms with van der Waals surface area (Å²) in [5, 5.41) is 11.1. The smallest absolute Gasteiger partial charge is 0.303 e. The maximum Gasteiger partial charge on any atom is 0.303 e. The average molecular weight is 488 g/mol. The fourth-order valence-corrected chi connectivity index (χ4v) is 8.90. The van der Waals surface area contributed by atoms with Crippen LogP contribution in [0.5, 0.6) is 0 Å². The van der Waals surface area contributed by atoms with E-state index in [1.807, 2.05) is 18.2 Å². The quantitative estimate of drug-likeness (QED) is 0.218. The lowest BCUT2D eigenvalue weighted by Crippen LogP contribution is -2.34. The van der Waals surface area contributed by atoms with Crippen molar-refractivity contribution in [1.82, 2.24) is 0 Å². The first-order valence-corrected chi connectivity index (χ1v) is 13.8. The zero-order chi connectivity index (χ0) is 24.4. The average Bonchev–Trinajstić information content (AvgIpc) is 2.80. The number of benzene rings is 3. The maximum absolute atomic E-state index is 14.4. The number of carboxylic acids is 1. The zero-order valence-corrected chi connectivity index (χ0v) is 20.1. The highest BCUT2D eigenvalue weighted by Crippen LogP contribution is 2.56. The molecule has 0 aliphatic heterocycles. The van der Waals surface area contributed by atoms with Crippen molar-refractivity contribution in [3.63, 3.8) is 0 Å². The molecule has 0 aliphatic carbocycles. The lowest BCUT2D eigenvalue weighted by atomic mass is 10.1. The molecular weight excluding hydrogens is 456 g/mol. The molecule has 0 aromatic heterocycles. The summed E-state index contributed by atoms with van der Waals surface area (Å²) in [5.41, 5.74) is 0. The van der Waals surface area contributed by atoms with Gasteiger partial charge in [-0.3, -0.25) is 4.79 Å². The summed E-state index contributed by atoms with van der Waals surface area (Å²) in [6.45, 7) is 0. The third-order valence-electron chi connectivity index (χ3n) is 6.13. The van der Waals surface area contributed by atoms with Crippen molar-refractivity contribution < 1.29 is 23.1 Å². The number of unbranched alkanes of at least 4 members (excludes halogenated alkanes) is 6. The van der Waals surface area contributed by atoms with E-state index in [9.17, 15) is 18.0 Å². The van der Waals surface area contributed by atoms with Crippen molar-refractivity contribution in [2.45, 2.75) is 51.4 Å². The van der Waals surface area contributed by atoms with Gasteiger partial charge in [-0.25, -0.2) is 13.2 Å². The molecular formula is C28H31F3O2P+. The van der Waals surface area contributed by atoms with E-state index in [1.165, 1.54) is 36.4 Å². The summed E-state index contributed by atoms with van der Waals surface area (Å²) in [6, 6.07) is 19.3. The second kappa shape index (κ2) is 12.7. The van der Waals surface area contributed by atoms with E-state index in [-0.39, 0.29) is 23.9 Å². The Bertz CT molecular complexity index is 976. The van der Waals surface area contributed by atoms with Gasteiger partial charge in [-0.05, 0) is 55.7 Å². The summed E-state index contributed by atoms with van der Waals surface area (Å²) in [7, 11) is -2.50. The molecule has 0 amide bonds. The van der Waals surface area contributed by atoms with Crippen LogP contribution in [0.15, 0.2) is 72.8 Å². The Balaban J connectivity index is 1.85. The van der Waals surface area contributed by atoms with Crippen LogP contribution in [0.3, 0.4) is 0 Å². The van der Waals surface area contributed by atoms with E-state index in [0.717, 1.165) is 54.4 Å². The Kier molecular flexibility index (Phi) is 9.71. The summed E-state index contributed by atoms with van der Waals surface area (Å²) < 4.78 is 43.1. The van der Waals surface area contributed by atoms with Crippen LogP contribution in [0.2, 0.25) is 0 Å². The standard InChI is InChI=1S/C28H30F3O2P/c29-22-11-8-14-25(19-22)34(26-15-9-12-23(30)20-26,27-16-10-13-24(31)21-27)18-7-5-3-1-2-4-6-17-28(32)33/h8-16,19-21H,1-7,17-18H2/p+1.